The monoisotopic (exact) mass is 307 g/mol. The maximum Gasteiger partial charge on any atom is 0.446 e. The van der Waals surface area contributed by atoms with Crippen LogP contribution in [0, 0.1) is 17.1 Å². The molecule has 0 aliphatic rings. The summed E-state index contributed by atoms with van der Waals surface area (Å²) in [6.07, 6.45) is -0.491. The third-order valence-corrected chi connectivity index (χ3v) is 2.97. The highest BCUT2D eigenvalue weighted by Crippen LogP contribution is 2.39. The standard InChI is InChI=1S/C12H9F4NO2S/c1-2-19-11(18)5-7-3-9(13)8(6-17)4-10(7)20-12(14,15)16/h3-4H,2,5H2,1H3. The summed E-state index contributed by atoms with van der Waals surface area (Å²) in [4.78, 5) is 10.9. The molecule has 0 unspecified atom stereocenters. The van der Waals surface area contributed by atoms with E-state index in [1.165, 1.54) is 6.07 Å². The van der Waals surface area contributed by atoms with Gasteiger partial charge in [0.2, 0.25) is 0 Å². The van der Waals surface area contributed by atoms with E-state index in [0.29, 0.717) is 0 Å². The summed E-state index contributed by atoms with van der Waals surface area (Å²) in [5, 5.41) is 8.63. The average molecular weight is 307 g/mol. The number of alkyl halides is 3. The maximum atomic E-state index is 13.4. The third-order valence-electron chi connectivity index (χ3n) is 2.14. The van der Waals surface area contributed by atoms with Gasteiger partial charge in [0.1, 0.15) is 11.9 Å². The van der Waals surface area contributed by atoms with Crippen LogP contribution in [0.15, 0.2) is 17.0 Å². The summed E-state index contributed by atoms with van der Waals surface area (Å²) in [6, 6.07) is 2.99. The molecule has 108 valence electrons. The zero-order valence-electron chi connectivity index (χ0n) is 10.3. The molecule has 0 aliphatic carbocycles. The molecule has 1 rings (SSSR count). The Morgan fingerprint density at radius 3 is 2.60 bits per heavy atom. The second kappa shape index (κ2) is 6.61. The van der Waals surface area contributed by atoms with Crippen LogP contribution in [0.25, 0.3) is 0 Å². The predicted octanol–water partition coefficient (Wildman–Crippen LogP) is 3.41. The zero-order valence-corrected chi connectivity index (χ0v) is 11.1. The summed E-state index contributed by atoms with van der Waals surface area (Å²) < 4.78 is 55.3. The van der Waals surface area contributed by atoms with E-state index in [-0.39, 0.29) is 17.1 Å². The Morgan fingerprint density at radius 2 is 2.10 bits per heavy atom. The molecule has 0 atom stereocenters. The minimum absolute atomic E-state index is 0.0688. The first-order valence-electron chi connectivity index (χ1n) is 5.40. The molecule has 3 nitrogen and oxygen atoms in total. The van der Waals surface area contributed by atoms with Gasteiger partial charge in [0.05, 0.1) is 18.6 Å². The molecule has 1 aromatic carbocycles. The van der Waals surface area contributed by atoms with Crippen LogP contribution in [-0.4, -0.2) is 18.1 Å². The van der Waals surface area contributed by atoms with Crippen LogP contribution in [0.5, 0.6) is 0 Å². The van der Waals surface area contributed by atoms with Gasteiger partial charge in [-0.05, 0) is 36.4 Å². The van der Waals surface area contributed by atoms with Crippen molar-refractivity contribution in [1.29, 1.82) is 5.26 Å². The van der Waals surface area contributed by atoms with Crippen molar-refractivity contribution in [1.82, 2.24) is 0 Å². The quantitative estimate of drug-likeness (QED) is 0.486. The number of thioether (sulfide) groups is 1. The van der Waals surface area contributed by atoms with Crippen molar-refractivity contribution in [3.05, 3.63) is 29.1 Å². The Hall–Kier alpha value is -1.75. The summed E-state index contributed by atoms with van der Waals surface area (Å²) in [6.45, 7) is 1.61. The summed E-state index contributed by atoms with van der Waals surface area (Å²) in [7, 11) is 0. The molecular formula is C12H9F4NO2S. The van der Waals surface area contributed by atoms with E-state index >= 15 is 0 Å². The highest BCUT2D eigenvalue weighted by atomic mass is 32.2. The van der Waals surface area contributed by atoms with Crippen molar-refractivity contribution in [2.75, 3.05) is 6.61 Å². The Morgan fingerprint density at radius 1 is 1.45 bits per heavy atom. The van der Waals surface area contributed by atoms with Crippen molar-refractivity contribution >= 4 is 17.7 Å². The van der Waals surface area contributed by atoms with E-state index in [9.17, 15) is 22.4 Å². The van der Waals surface area contributed by atoms with Crippen LogP contribution < -0.4 is 0 Å². The number of benzene rings is 1. The fraction of sp³-hybridized carbons (Fsp3) is 0.333. The number of ether oxygens (including phenoxy) is 1. The second-order valence-corrected chi connectivity index (χ2v) is 4.69. The number of hydrogen-bond donors (Lipinski definition) is 0. The van der Waals surface area contributed by atoms with Crippen LogP contribution in [0.1, 0.15) is 18.1 Å². The lowest BCUT2D eigenvalue weighted by Crippen LogP contribution is -2.10. The number of esters is 1. The van der Waals surface area contributed by atoms with Crippen LogP contribution in [0.4, 0.5) is 17.6 Å². The lowest BCUT2D eigenvalue weighted by atomic mass is 10.1. The minimum Gasteiger partial charge on any atom is -0.466 e. The molecule has 0 radical (unpaired) electrons. The highest BCUT2D eigenvalue weighted by molar-refractivity contribution is 8.00. The van der Waals surface area contributed by atoms with Gasteiger partial charge in [-0.3, -0.25) is 4.79 Å². The molecule has 8 heteroatoms. The van der Waals surface area contributed by atoms with Crippen molar-refractivity contribution in [3.8, 4) is 6.07 Å². The number of halogens is 4. The van der Waals surface area contributed by atoms with Crippen molar-refractivity contribution in [2.24, 2.45) is 0 Å². The number of carbonyl (C=O) groups is 1. The van der Waals surface area contributed by atoms with Crippen LogP contribution in [0.2, 0.25) is 0 Å². The Bertz CT molecular complexity index is 552. The van der Waals surface area contributed by atoms with Gasteiger partial charge in [-0.25, -0.2) is 4.39 Å². The molecule has 0 aromatic heterocycles. The topological polar surface area (TPSA) is 50.1 Å². The maximum absolute atomic E-state index is 13.4. The lowest BCUT2D eigenvalue weighted by Gasteiger charge is -2.11. The Balaban J connectivity index is 3.16. The van der Waals surface area contributed by atoms with Gasteiger partial charge in [0.15, 0.2) is 0 Å². The normalized spacial score (nSPS) is 11.0. The van der Waals surface area contributed by atoms with Gasteiger partial charge in [-0.15, -0.1) is 0 Å². The first-order chi connectivity index (χ1) is 9.26. The number of rotatable bonds is 4. The molecule has 0 aliphatic heterocycles. The number of nitriles is 1. The summed E-state index contributed by atoms with van der Waals surface area (Å²) in [5.74, 6) is -1.74. The molecule has 0 N–H and O–H groups in total. The summed E-state index contributed by atoms with van der Waals surface area (Å²) >= 11 is -0.500. The molecule has 0 saturated heterocycles. The second-order valence-electron chi connectivity index (χ2n) is 3.58. The average Bonchev–Trinajstić information content (AvgIpc) is 2.31. The number of carbonyl (C=O) groups excluding carboxylic acids is 1. The van der Waals surface area contributed by atoms with E-state index in [1.54, 1.807) is 6.92 Å². The molecule has 0 spiro atoms. The van der Waals surface area contributed by atoms with Gasteiger partial charge in [0, 0.05) is 4.90 Å². The van der Waals surface area contributed by atoms with Gasteiger partial charge < -0.3 is 4.74 Å². The van der Waals surface area contributed by atoms with Crippen LogP contribution in [0.3, 0.4) is 0 Å². The fourth-order valence-electron chi connectivity index (χ4n) is 1.41. The Kier molecular flexibility index (Phi) is 5.39. The van der Waals surface area contributed by atoms with Crippen molar-refractivity contribution in [3.63, 3.8) is 0 Å². The van der Waals surface area contributed by atoms with Gasteiger partial charge in [0.25, 0.3) is 0 Å². The molecule has 1 aromatic rings. The number of nitrogens with zero attached hydrogens (tertiary/aromatic N) is 1. The van der Waals surface area contributed by atoms with E-state index in [0.717, 1.165) is 12.1 Å². The largest absolute Gasteiger partial charge is 0.466 e. The third kappa shape index (κ3) is 4.74. The molecule has 0 amide bonds. The van der Waals surface area contributed by atoms with Crippen LogP contribution >= 0.6 is 11.8 Å². The molecule has 0 heterocycles. The Labute approximate surface area is 116 Å². The van der Waals surface area contributed by atoms with Gasteiger partial charge in [-0.1, -0.05) is 0 Å². The first kappa shape index (κ1) is 16.3. The van der Waals surface area contributed by atoms with Gasteiger partial charge >= 0.3 is 11.5 Å². The molecular weight excluding hydrogens is 298 g/mol. The fourth-order valence-corrected chi connectivity index (χ4v) is 2.09. The highest BCUT2D eigenvalue weighted by Gasteiger charge is 2.31. The zero-order chi connectivity index (χ0) is 15.3. The SMILES string of the molecule is CCOC(=O)Cc1cc(F)c(C#N)cc1SC(F)(F)F. The van der Waals surface area contributed by atoms with E-state index in [1.807, 2.05) is 0 Å². The van der Waals surface area contributed by atoms with E-state index < -0.39 is 41.0 Å². The van der Waals surface area contributed by atoms with Crippen molar-refractivity contribution in [2.45, 2.75) is 23.7 Å². The van der Waals surface area contributed by atoms with E-state index in [4.69, 9.17) is 5.26 Å². The van der Waals surface area contributed by atoms with Gasteiger partial charge in [-0.2, -0.15) is 18.4 Å². The van der Waals surface area contributed by atoms with Crippen LogP contribution in [-0.2, 0) is 16.0 Å². The molecule has 0 saturated carbocycles. The smallest absolute Gasteiger partial charge is 0.446 e. The number of hydrogen-bond acceptors (Lipinski definition) is 4. The lowest BCUT2D eigenvalue weighted by molar-refractivity contribution is -0.142. The molecule has 0 fully saturated rings. The van der Waals surface area contributed by atoms with E-state index in [2.05, 4.69) is 4.74 Å². The minimum atomic E-state index is -4.60. The predicted molar refractivity (Wildman–Crippen MR) is 63.4 cm³/mol. The summed E-state index contributed by atoms with van der Waals surface area (Å²) in [5.41, 5.74) is -5.28. The molecule has 0 bridgehead atoms. The molecule has 20 heavy (non-hydrogen) atoms. The van der Waals surface area contributed by atoms with Crippen molar-refractivity contribution < 1.29 is 27.1 Å². The first-order valence-corrected chi connectivity index (χ1v) is 6.22.